The molecule has 1 unspecified atom stereocenters. The Morgan fingerprint density at radius 1 is 0.973 bits per heavy atom. The summed E-state index contributed by atoms with van der Waals surface area (Å²) in [6.07, 6.45) is 3.11. The lowest BCUT2D eigenvalue weighted by Gasteiger charge is -2.15. The smallest absolute Gasteiger partial charge is 0.338 e. The summed E-state index contributed by atoms with van der Waals surface area (Å²) in [5.74, 6) is 1.61. The van der Waals surface area contributed by atoms with Crippen LogP contribution in [0.2, 0.25) is 0 Å². The number of thioether (sulfide) groups is 1. The summed E-state index contributed by atoms with van der Waals surface area (Å²) in [6, 6.07) is 20.7. The van der Waals surface area contributed by atoms with Crippen LogP contribution < -0.4 is 19.5 Å². The Morgan fingerprint density at radius 2 is 1.68 bits per heavy atom. The van der Waals surface area contributed by atoms with Gasteiger partial charge < -0.3 is 29.4 Å². The number of aliphatic hydroxyl groups is 1. The minimum absolute atomic E-state index is 0.119. The van der Waals surface area contributed by atoms with Gasteiger partial charge in [0.15, 0.2) is 0 Å². The third-order valence-corrected chi connectivity index (χ3v) is 6.37. The molecule has 0 aliphatic heterocycles. The number of carbonyl (C=O) groups excluding carboxylic acids is 1. The molecule has 0 saturated carbocycles. The Labute approximate surface area is 222 Å². The van der Waals surface area contributed by atoms with E-state index in [-0.39, 0.29) is 6.61 Å². The molecule has 2 N–H and O–H groups in total. The molecule has 0 aliphatic carbocycles. The lowest BCUT2D eigenvalue weighted by Crippen LogP contribution is -2.31. The van der Waals surface area contributed by atoms with Crippen LogP contribution in [0, 0.1) is 0 Å². The molecule has 0 spiro atoms. The van der Waals surface area contributed by atoms with Gasteiger partial charge in [-0.3, -0.25) is 0 Å². The predicted molar refractivity (Wildman–Crippen MR) is 147 cm³/mol. The Morgan fingerprint density at radius 3 is 2.30 bits per heavy atom. The summed E-state index contributed by atoms with van der Waals surface area (Å²) in [4.78, 5) is 13.6. The van der Waals surface area contributed by atoms with Crippen LogP contribution in [0.4, 0.5) is 0 Å². The second kappa shape index (κ2) is 14.3. The van der Waals surface area contributed by atoms with Crippen LogP contribution >= 0.6 is 11.8 Å². The highest BCUT2D eigenvalue weighted by Gasteiger charge is 2.14. The third kappa shape index (κ3) is 8.28. The van der Waals surface area contributed by atoms with Crippen molar-refractivity contribution in [2.75, 3.05) is 40.7 Å². The van der Waals surface area contributed by atoms with E-state index < -0.39 is 12.1 Å². The monoisotopic (exact) mass is 523 g/mol. The molecule has 7 nitrogen and oxygen atoms in total. The minimum atomic E-state index is -0.710. The Kier molecular flexibility index (Phi) is 10.9. The zero-order chi connectivity index (χ0) is 26.6. The molecule has 8 heteroatoms. The first kappa shape index (κ1) is 28.1. The molecule has 3 aromatic carbocycles. The van der Waals surface area contributed by atoms with Gasteiger partial charge in [-0.25, -0.2) is 4.79 Å². The number of benzene rings is 3. The van der Waals surface area contributed by atoms with Crippen LogP contribution in [0.25, 0.3) is 11.6 Å². The van der Waals surface area contributed by atoms with Crippen molar-refractivity contribution in [1.82, 2.24) is 5.32 Å². The van der Waals surface area contributed by atoms with E-state index in [1.54, 1.807) is 56.3 Å². The van der Waals surface area contributed by atoms with Crippen LogP contribution in [0.3, 0.4) is 0 Å². The quantitative estimate of drug-likeness (QED) is 0.145. The molecule has 0 saturated heterocycles. The topological polar surface area (TPSA) is 86.3 Å². The highest BCUT2D eigenvalue weighted by Crippen LogP contribution is 2.25. The van der Waals surface area contributed by atoms with Gasteiger partial charge in [0.05, 0.1) is 26.9 Å². The summed E-state index contributed by atoms with van der Waals surface area (Å²) in [6.45, 7) is 0.993. The van der Waals surface area contributed by atoms with E-state index in [0.29, 0.717) is 30.0 Å². The molecular weight excluding hydrogens is 490 g/mol. The van der Waals surface area contributed by atoms with E-state index in [2.05, 4.69) is 5.32 Å². The van der Waals surface area contributed by atoms with E-state index in [1.165, 1.54) is 7.11 Å². The number of rotatable bonds is 13. The van der Waals surface area contributed by atoms with Crippen LogP contribution in [-0.4, -0.2) is 57.9 Å². The Balaban J connectivity index is 1.55. The summed E-state index contributed by atoms with van der Waals surface area (Å²) in [5.41, 5.74) is 3.02. The molecule has 0 bridgehead atoms. The average Bonchev–Trinajstić information content (AvgIpc) is 2.95. The molecule has 3 rings (SSSR count). The first-order valence-electron chi connectivity index (χ1n) is 11.7. The minimum Gasteiger partial charge on any atom is -0.497 e. The molecule has 0 aliphatic rings. The number of ether oxygens (including phenoxy) is 4. The van der Waals surface area contributed by atoms with Gasteiger partial charge in [-0.1, -0.05) is 30.3 Å². The highest BCUT2D eigenvalue weighted by atomic mass is 32.2. The van der Waals surface area contributed by atoms with E-state index in [4.69, 9.17) is 18.9 Å². The first-order valence-corrected chi connectivity index (χ1v) is 13.0. The van der Waals surface area contributed by atoms with Gasteiger partial charge in [0.1, 0.15) is 30.0 Å². The zero-order valence-corrected chi connectivity index (χ0v) is 22.3. The van der Waals surface area contributed by atoms with Crippen molar-refractivity contribution in [3.8, 4) is 17.2 Å². The van der Waals surface area contributed by atoms with Crippen molar-refractivity contribution in [1.29, 1.82) is 0 Å². The standard InChI is InChI=1S/C29H33NO6S/c1-33-25-12-9-22(28(16-25)34-2)17-30-18-23(31)19-36-24-10-7-21(8-11-24)27(29(32)35-3)15-20-5-13-26(37-4)14-6-20/h5-16,23,30-31H,17-19H2,1-4H3. The van der Waals surface area contributed by atoms with Crippen molar-refractivity contribution in [3.63, 3.8) is 0 Å². The van der Waals surface area contributed by atoms with E-state index in [1.807, 2.05) is 48.7 Å². The van der Waals surface area contributed by atoms with Crippen molar-refractivity contribution < 1.29 is 28.8 Å². The van der Waals surface area contributed by atoms with Gasteiger partial charge in [-0.05, 0) is 53.8 Å². The fraction of sp³-hybridized carbons (Fsp3) is 0.276. The SMILES string of the molecule is COC(=O)C(=Cc1ccc(SC)cc1)c1ccc(OCC(O)CNCc2ccc(OC)cc2OC)cc1. The summed E-state index contributed by atoms with van der Waals surface area (Å²) >= 11 is 1.66. The maximum absolute atomic E-state index is 12.4. The van der Waals surface area contributed by atoms with Crippen LogP contribution in [-0.2, 0) is 16.1 Å². The maximum Gasteiger partial charge on any atom is 0.338 e. The molecule has 3 aromatic rings. The lowest BCUT2D eigenvalue weighted by molar-refractivity contribution is -0.133. The van der Waals surface area contributed by atoms with Crippen molar-refractivity contribution >= 4 is 29.4 Å². The number of carbonyl (C=O) groups is 1. The van der Waals surface area contributed by atoms with E-state index in [0.717, 1.165) is 27.5 Å². The third-order valence-electron chi connectivity index (χ3n) is 5.63. The zero-order valence-electron chi connectivity index (χ0n) is 21.5. The van der Waals surface area contributed by atoms with Crippen molar-refractivity contribution in [2.24, 2.45) is 0 Å². The fourth-order valence-corrected chi connectivity index (χ4v) is 4.00. The van der Waals surface area contributed by atoms with Crippen LogP contribution in [0.15, 0.2) is 71.6 Å². The summed E-state index contributed by atoms with van der Waals surface area (Å²) in [7, 11) is 4.58. The first-order chi connectivity index (χ1) is 18.0. The summed E-state index contributed by atoms with van der Waals surface area (Å²) < 4.78 is 21.4. The number of esters is 1. The predicted octanol–water partition coefficient (Wildman–Crippen LogP) is 4.67. The van der Waals surface area contributed by atoms with Gasteiger partial charge in [0.25, 0.3) is 0 Å². The molecule has 37 heavy (non-hydrogen) atoms. The summed E-state index contributed by atoms with van der Waals surface area (Å²) in [5, 5.41) is 13.5. The number of aliphatic hydroxyl groups excluding tert-OH is 1. The van der Waals surface area contributed by atoms with Gasteiger partial charge in [-0.2, -0.15) is 0 Å². The van der Waals surface area contributed by atoms with E-state index in [9.17, 15) is 9.90 Å². The Hall–Kier alpha value is -3.46. The number of hydrogen-bond donors (Lipinski definition) is 2. The number of methoxy groups -OCH3 is 3. The molecule has 1 atom stereocenters. The average molecular weight is 524 g/mol. The molecule has 0 fully saturated rings. The van der Waals surface area contributed by atoms with Gasteiger partial charge >= 0.3 is 5.97 Å². The molecular formula is C29H33NO6S. The lowest BCUT2D eigenvalue weighted by atomic mass is 10.0. The molecule has 0 aromatic heterocycles. The normalized spacial score (nSPS) is 12.1. The van der Waals surface area contributed by atoms with Crippen molar-refractivity contribution in [3.05, 3.63) is 83.4 Å². The van der Waals surface area contributed by atoms with Crippen molar-refractivity contribution in [2.45, 2.75) is 17.5 Å². The second-order valence-corrected chi connectivity index (χ2v) is 9.00. The van der Waals surface area contributed by atoms with Crippen LogP contribution in [0.1, 0.15) is 16.7 Å². The maximum atomic E-state index is 12.4. The Bertz CT molecular complexity index is 1180. The second-order valence-electron chi connectivity index (χ2n) is 8.12. The van der Waals surface area contributed by atoms with E-state index >= 15 is 0 Å². The molecule has 0 radical (unpaired) electrons. The largest absolute Gasteiger partial charge is 0.497 e. The fourth-order valence-electron chi connectivity index (χ4n) is 3.59. The molecule has 0 heterocycles. The van der Waals surface area contributed by atoms with Crippen LogP contribution in [0.5, 0.6) is 17.2 Å². The van der Waals surface area contributed by atoms with Gasteiger partial charge in [0, 0.05) is 29.6 Å². The highest BCUT2D eigenvalue weighted by molar-refractivity contribution is 7.98. The molecule has 0 amide bonds. The van der Waals surface area contributed by atoms with Gasteiger partial charge in [-0.15, -0.1) is 11.8 Å². The van der Waals surface area contributed by atoms with Gasteiger partial charge in [0.2, 0.25) is 0 Å². The number of hydrogen-bond acceptors (Lipinski definition) is 8. The molecule has 196 valence electrons. The number of nitrogens with one attached hydrogen (secondary N) is 1.